The van der Waals surface area contributed by atoms with Gasteiger partial charge in [-0.3, -0.25) is 4.79 Å². The van der Waals surface area contributed by atoms with Crippen LogP contribution in [0.25, 0.3) is 0 Å². The third-order valence-corrected chi connectivity index (χ3v) is 2.48. The average molecular weight is 192 g/mol. The lowest BCUT2D eigenvalue weighted by atomic mass is 9.76. The van der Waals surface area contributed by atoms with E-state index in [1.807, 2.05) is 12.1 Å². The molecule has 0 aromatic rings. The Hall–Kier alpha value is -1.59. The fraction of sp³-hybridized carbons (Fsp3) is 0.667. The molecule has 0 radical (unpaired) electrons. The lowest BCUT2D eigenvalue weighted by Crippen LogP contribution is -2.59. The van der Waals surface area contributed by atoms with Gasteiger partial charge in [0.1, 0.15) is 13.1 Å². The van der Waals surface area contributed by atoms with Crippen molar-refractivity contribution in [2.24, 2.45) is 5.73 Å². The van der Waals surface area contributed by atoms with Crippen LogP contribution in [0, 0.1) is 22.7 Å². The number of rotatable bonds is 3. The second-order valence-corrected chi connectivity index (χ2v) is 3.49. The first-order valence-corrected chi connectivity index (χ1v) is 4.46. The van der Waals surface area contributed by atoms with Gasteiger partial charge in [-0.1, -0.05) is 0 Å². The molecule has 1 aliphatic carbocycles. The molecule has 0 saturated heterocycles. The molecule has 0 unspecified atom stereocenters. The molecular weight excluding hydrogens is 180 g/mol. The van der Waals surface area contributed by atoms with E-state index >= 15 is 0 Å². The first kappa shape index (κ1) is 10.5. The molecule has 14 heavy (non-hydrogen) atoms. The largest absolute Gasteiger partial charge is 0.317 e. The molecule has 1 aliphatic rings. The van der Waals surface area contributed by atoms with Crippen molar-refractivity contribution in [2.45, 2.75) is 24.8 Å². The highest BCUT2D eigenvalue weighted by Crippen LogP contribution is 2.30. The number of carbonyl (C=O) groups excluding carboxylic acids is 1. The SMILES string of the molecule is N#CCN(CC#N)C(=O)C1(N)CCC1. The maximum absolute atomic E-state index is 11.7. The molecule has 0 bridgehead atoms. The van der Waals surface area contributed by atoms with E-state index in [2.05, 4.69) is 0 Å². The van der Waals surface area contributed by atoms with Crippen molar-refractivity contribution in [1.29, 1.82) is 10.5 Å². The van der Waals surface area contributed by atoms with Gasteiger partial charge in [0, 0.05) is 0 Å². The monoisotopic (exact) mass is 192 g/mol. The Balaban J connectivity index is 2.64. The van der Waals surface area contributed by atoms with E-state index in [0.29, 0.717) is 12.8 Å². The van der Waals surface area contributed by atoms with Crippen LogP contribution < -0.4 is 5.73 Å². The Morgan fingerprint density at radius 1 is 1.36 bits per heavy atom. The van der Waals surface area contributed by atoms with Crippen molar-refractivity contribution in [1.82, 2.24) is 4.90 Å². The maximum atomic E-state index is 11.7. The van der Waals surface area contributed by atoms with Crippen LogP contribution in [0.2, 0.25) is 0 Å². The van der Waals surface area contributed by atoms with Crippen LogP contribution >= 0.6 is 0 Å². The van der Waals surface area contributed by atoms with Crippen LogP contribution in [0.1, 0.15) is 19.3 Å². The van der Waals surface area contributed by atoms with E-state index < -0.39 is 5.54 Å². The molecule has 74 valence electrons. The van der Waals surface area contributed by atoms with E-state index in [1.54, 1.807) is 0 Å². The van der Waals surface area contributed by atoms with Gasteiger partial charge in [-0.15, -0.1) is 0 Å². The van der Waals surface area contributed by atoms with Crippen LogP contribution in [0.4, 0.5) is 0 Å². The molecule has 0 aliphatic heterocycles. The molecule has 1 rings (SSSR count). The summed E-state index contributed by atoms with van der Waals surface area (Å²) in [6.45, 7) is -0.128. The minimum absolute atomic E-state index is 0.0641. The summed E-state index contributed by atoms with van der Waals surface area (Å²) in [5, 5.41) is 16.9. The number of nitrogens with two attached hydrogens (primary N) is 1. The van der Waals surface area contributed by atoms with Crippen molar-refractivity contribution in [3.8, 4) is 12.1 Å². The standard InChI is InChI=1S/C9H12N4O/c10-4-6-13(7-5-11)8(14)9(12)2-1-3-9/h1-3,6-7,12H2. The molecule has 0 aromatic heterocycles. The zero-order chi connectivity index (χ0) is 10.6. The van der Waals surface area contributed by atoms with Gasteiger partial charge in [0.2, 0.25) is 5.91 Å². The molecule has 0 spiro atoms. The Kier molecular flexibility index (Phi) is 3.06. The lowest BCUT2D eigenvalue weighted by molar-refractivity contribution is -0.138. The maximum Gasteiger partial charge on any atom is 0.244 e. The highest BCUT2D eigenvalue weighted by molar-refractivity contribution is 5.87. The normalized spacial score (nSPS) is 17.4. The van der Waals surface area contributed by atoms with Gasteiger partial charge >= 0.3 is 0 Å². The molecule has 0 atom stereocenters. The number of nitriles is 2. The van der Waals surface area contributed by atoms with Gasteiger partial charge in [-0.2, -0.15) is 10.5 Å². The minimum Gasteiger partial charge on any atom is -0.317 e. The van der Waals surface area contributed by atoms with Crippen molar-refractivity contribution in [3.63, 3.8) is 0 Å². The highest BCUT2D eigenvalue weighted by atomic mass is 16.2. The molecular formula is C9H12N4O. The van der Waals surface area contributed by atoms with Crippen LogP contribution in [0.3, 0.4) is 0 Å². The van der Waals surface area contributed by atoms with Gasteiger partial charge in [-0.05, 0) is 19.3 Å². The fourth-order valence-electron chi connectivity index (χ4n) is 1.46. The van der Waals surface area contributed by atoms with Crippen molar-refractivity contribution in [3.05, 3.63) is 0 Å². The quantitative estimate of drug-likeness (QED) is 0.623. The summed E-state index contributed by atoms with van der Waals surface area (Å²) < 4.78 is 0. The Morgan fingerprint density at radius 2 is 1.86 bits per heavy atom. The summed E-state index contributed by atoms with van der Waals surface area (Å²) in [5.74, 6) is -0.271. The minimum atomic E-state index is -0.812. The number of hydrogen-bond acceptors (Lipinski definition) is 4. The van der Waals surface area contributed by atoms with Crippen LogP contribution in [0.5, 0.6) is 0 Å². The summed E-state index contributed by atoms with van der Waals surface area (Å²) >= 11 is 0. The smallest absolute Gasteiger partial charge is 0.244 e. The van der Waals surface area contributed by atoms with Gasteiger partial charge in [0.25, 0.3) is 0 Å². The van der Waals surface area contributed by atoms with E-state index in [1.165, 1.54) is 4.90 Å². The van der Waals surface area contributed by atoms with Crippen LogP contribution in [-0.2, 0) is 4.79 Å². The number of nitrogens with zero attached hydrogens (tertiary/aromatic N) is 3. The van der Waals surface area contributed by atoms with E-state index in [9.17, 15) is 4.79 Å². The third-order valence-electron chi connectivity index (χ3n) is 2.48. The number of carbonyl (C=O) groups is 1. The highest BCUT2D eigenvalue weighted by Gasteiger charge is 2.42. The Morgan fingerprint density at radius 3 is 2.14 bits per heavy atom. The van der Waals surface area contributed by atoms with Gasteiger partial charge < -0.3 is 10.6 Å². The molecule has 0 heterocycles. The zero-order valence-corrected chi connectivity index (χ0v) is 7.86. The van der Waals surface area contributed by atoms with E-state index in [0.717, 1.165) is 6.42 Å². The predicted octanol–water partition coefficient (Wildman–Crippen LogP) is -0.256. The van der Waals surface area contributed by atoms with E-state index in [4.69, 9.17) is 16.3 Å². The Labute approximate surface area is 82.7 Å². The summed E-state index contributed by atoms with van der Waals surface area (Å²) in [6.07, 6.45) is 2.24. The van der Waals surface area contributed by atoms with Crippen molar-refractivity contribution < 1.29 is 4.79 Å². The zero-order valence-electron chi connectivity index (χ0n) is 7.86. The molecule has 5 heteroatoms. The molecule has 2 N–H and O–H groups in total. The first-order valence-electron chi connectivity index (χ1n) is 4.46. The van der Waals surface area contributed by atoms with Crippen molar-refractivity contribution >= 4 is 5.91 Å². The molecule has 0 aromatic carbocycles. The summed E-state index contributed by atoms with van der Waals surface area (Å²) in [5.41, 5.74) is 4.99. The van der Waals surface area contributed by atoms with Crippen LogP contribution in [0.15, 0.2) is 0 Å². The Bertz CT molecular complexity index is 292. The summed E-state index contributed by atoms with van der Waals surface area (Å²) in [6, 6.07) is 3.70. The molecule has 1 amide bonds. The molecule has 5 nitrogen and oxygen atoms in total. The number of hydrogen-bond donors (Lipinski definition) is 1. The lowest BCUT2D eigenvalue weighted by Gasteiger charge is -2.39. The number of amides is 1. The van der Waals surface area contributed by atoms with Crippen molar-refractivity contribution in [2.75, 3.05) is 13.1 Å². The van der Waals surface area contributed by atoms with Gasteiger partial charge in [0.15, 0.2) is 0 Å². The summed E-state index contributed by atoms with van der Waals surface area (Å²) in [7, 11) is 0. The molecule has 1 fully saturated rings. The average Bonchev–Trinajstić information content (AvgIpc) is 2.13. The predicted molar refractivity (Wildman–Crippen MR) is 48.6 cm³/mol. The van der Waals surface area contributed by atoms with E-state index in [-0.39, 0.29) is 19.0 Å². The first-order chi connectivity index (χ1) is 6.64. The topological polar surface area (TPSA) is 93.9 Å². The van der Waals surface area contributed by atoms with Crippen LogP contribution in [-0.4, -0.2) is 29.4 Å². The third kappa shape index (κ3) is 1.84. The second-order valence-electron chi connectivity index (χ2n) is 3.49. The van der Waals surface area contributed by atoms with Gasteiger partial charge in [-0.25, -0.2) is 0 Å². The van der Waals surface area contributed by atoms with Gasteiger partial charge in [0.05, 0.1) is 17.7 Å². The second kappa shape index (κ2) is 4.08. The molecule has 1 saturated carbocycles. The fourth-order valence-corrected chi connectivity index (χ4v) is 1.46. The summed E-state index contributed by atoms with van der Waals surface area (Å²) in [4.78, 5) is 12.9.